The maximum Gasteiger partial charge on any atom is 0.275 e. The van der Waals surface area contributed by atoms with Crippen LogP contribution in [0.5, 0.6) is 5.75 Å². The smallest absolute Gasteiger partial charge is 0.275 e. The van der Waals surface area contributed by atoms with E-state index in [1.807, 2.05) is 0 Å². The number of hydrogen-bond donors (Lipinski definition) is 1. The number of aromatic nitrogens is 2. The monoisotopic (exact) mass is 368 g/mol. The number of halogens is 1. The molecule has 22 heavy (non-hydrogen) atoms. The number of carbonyl (C=O) groups excluding carboxylic acids is 1. The second kappa shape index (κ2) is 6.14. The lowest BCUT2D eigenvalue weighted by atomic mass is 10.2. The summed E-state index contributed by atoms with van der Waals surface area (Å²) in [6.45, 7) is 1.77. The third-order valence-electron chi connectivity index (χ3n) is 3.01. The van der Waals surface area contributed by atoms with Gasteiger partial charge in [0.1, 0.15) is 11.4 Å². The highest BCUT2D eigenvalue weighted by Gasteiger charge is 2.20. The molecular formula is C13H13BrN4O4. The van der Waals surface area contributed by atoms with Gasteiger partial charge in [0.15, 0.2) is 0 Å². The maximum atomic E-state index is 12.4. The van der Waals surface area contributed by atoms with Crippen LogP contribution in [0.4, 0.5) is 11.4 Å². The molecule has 2 rings (SSSR count). The van der Waals surface area contributed by atoms with Gasteiger partial charge in [-0.2, -0.15) is 5.10 Å². The number of methoxy groups -OCH3 is 1. The molecule has 1 aromatic carbocycles. The fourth-order valence-electron chi connectivity index (χ4n) is 1.96. The number of rotatable bonds is 4. The Morgan fingerprint density at radius 1 is 1.50 bits per heavy atom. The summed E-state index contributed by atoms with van der Waals surface area (Å²) < 4.78 is 7.13. The van der Waals surface area contributed by atoms with Crippen molar-refractivity contribution >= 4 is 33.2 Å². The minimum Gasteiger partial charge on any atom is -0.494 e. The number of benzene rings is 1. The number of ether oxygens (including phenoxy) is 1. The quantitative estimate of drug-likeness (QED) is 0.660. The number of nitro benzene ring substituents is 1. The van der Waals surface area contributed by atoms with Crippen LogP contribution in [0.25, 0.3) is 0 Å². The molecule has 2 aromatic rings. The molecule has 1 heterocycles. The van der Waals surface area contributed by atoms with Gasteiger partial charge in [-0.1, -0.05) is 0 Å². The third kappa shape index (κ3) is 2.93. The van der Waals surface area contributed by atoms with Crippen LogP contribution in [0.1, 0.15) is 16.2 Å². The van der Waals surface area contributed by atoms with Gasteiger partial charge >= 0.3 is 0 Å². The van der Waals surface area contributed by atoms with Crippen molar-refractivity contribution in [2.24, 2.45) is 7.05 Å². The first-order valence-electron chi connectivity index (χ1n) is 6.18. The number of hydrogen-bond acceptors (Lipinski definition) is 5. The van der Waals surface area contributed by atoms with Gasteiger partial charge in [-0.25, -0.2) is 0 Å². The molecule has 0 saturated heterocycles. The maximum absolute atomic E-state index is 12.4. The van der Waals surface area contributed by atoms with Crippen LogP contribution < -0.4 is 10.1 Å². The van der Waals surface area contributed by atoms with E-state index in [1.54, 1.807) is 14.0 Å². The van der Waals surface area contributed by atoms with E-state index in [2.05, 4.69) is 26.3 Å². The zero-order chi connectivity index (χ0) is 16.4. The molecule has 0 saturated carbocycles. The first-order valence-corrected chi connectivity index (χ1v) is 6.97. The van der Waals surface area contributed by atoms with Crippen LogP contribution in [0.3, 0.4) is 0 Å². The zero-order valence-corrected chi connectivity index (χ0v) is 13.7. The van der Waals surface area contributed by atoms with Crippen molar-refractivity contribution in [1.29, 1.82) is 0 Å². The minimum absolute atomic E-state index is 0.118. The van der Waals surface area contributed by atoms with Gasteiger partial charge < -0.3 is 10.1 Å². The Morgan fingerprint density at radius 3 is 2.68 bits per heavy atom. The highest BCUT2D eigenvalue weighted by atomic mass is 79.9. The summed E-state index contributed by atoms with van der Waals surface area (Å²) in [4.78, 5) is 22.6. The standard InChI is InChI=1S/C13H13BrN4O4/c1-7-11(14)12(17(2)16-7)13(19)15-9-5-4-8(18(20)21)6-10(9)22-3/h4-6H,1-3H3,(H,15,19). The Morgan fingerprint density at radius 2 is 2.18 bits per heavy atom. The summed E-state index contributed by atoms with van der Waals surface area (Å²) in [6, 6.07) is 3.97. The Balaban J connectivity index is 2.34. The molecule has 0 unspecified atom stereocenters. The van der Waals surface area contributed by atoms with E-state index >= 15 is 0 Å². The zero-order valence-electron chi connectivity index (χ0n) is 12.1. The highest BCUT2D eigenvalue weighted by Crippen LogP contribution is 2.30. The second-order valence-corrected chi connectivity index (χ2v) is 5.26. The number of nitro groups is 1. The minimum atomic E-state index is -0.533. The summed E-state index contributed by atoms with van der Waals surface area (Å²) in [5, 5.41) is 17.6. The topological polar surface area (TPSA) is 99.3 Å². The van der Waals surface area contributed by atoms with Crippen LogP contribution in [-0.4, -0.2) is 27.7 Å². The number of amides is 1. The molecule has 0 aliphatic rings. The van der Waals surface area contributed by atoms with E-state index in [4.69, 9.17) is 4.74 Å². The van der Waals surface area contributed by atoms with Gasteiger partial charge in [0.05, 0.1) is 34.0 Å². The molecule has 116 valence electrons. The largest absolute Gasteiger partial charge is 0.494 e. The number of anilines is 1. The molecule has 1 amide bonds. The fourth-order valence-corrected chi connectivity index (χ4v) is 2.47. The van der Waals surface area contributed by atoms with Crippen molar-refractivity contribution in [3.8, 4) is 5.75 Å². The number of carbonyl (C=O) groups is 1. The van der Waals surface area contributed by atoms with Crippen LogP contribution in [0, 0.1) is 17.0 Å². The van der Waals surface area contributed by atoms with E-state index in [-0.39, 0.29) is 11.4 Å². The molecule has 0 bridgehead atoms. The van der Waals surface area contributed by atoms with E-state index in [0.717, 1.165) is 0 Å². The molecule has 0 fully saturated rings. The average Bonchev–Trinajstić information content (AvgIpc) is 2.72. The predicted molar refractivity (Wildman–Crippen MR) is 83.2 cm³/mol. The van der Waals surface area contributed by atoms with Gasteiger partial charge in [-0.05, 0) is 28.9 Å². The summed E-state index contributed by atoms with van der Waals surface area (Å²) in [5.74, 6) is -0.195. The summed E-state index contributed by atoms with van der Waals surface area (Å²) in [7, 11) is 3.03. The van der Waals surface area contributed by atoms with E-state index in [1.165, 1.54) is 30.0 Å². The van der Waals surface area contributed by atoms with E-state index < -0.39 is 10.8 Å². The van der Waals surface area contributed by atoms with Crippen molar-refractivity contribution < 1.29 is 14.5 Å². The van der Waals surface area contributed by atoms with E-state index in [0.29, 0.717) is 21.5 Å². The fraction of sp³-hybridized carbons (Fsp3) is 0.231. The molecule has 0 radical (unpaired) electrons. The third-order valence-corrected chi connectivity index (χ3v) is 3.96. The molecule has 0 spiro atoms. The predicted octanol–water partition coefficient (Wildman–Crippen LogP) is 2.66. The lowest BCUT2D eigenvalue weighted by Crippen LogP contribution is -2.17. The Hall–Kier alpha value is -2.42. The van der Waals surface area contributed by atoms with Crippen molar-refractivity contribution in [3.63, 3.8) is 0 Å². The Labute approximate surface area is 134 Å². The van der Waals surface area contributed by atoms with Crippen LogP contribution in [0.15, 0.2) is 22.7 Å². The molecular weight excluding hydrogens is 356 g/mol. The SMILES string of the molecule is COc1cc([N+](=O)[O-])ccc1NC(=O)c1c(Br)c(C)nn1C. The second-order valence-electron chi connectivity index (χ2n) is 4.47. The number of aryl methyl sites for hydroxylation is 2. The first-order chi connectivity index (χ1) is 10.3. The Bertz CT molecular complexity index is 757. The number of nitrogens with zero attached hydrogens (tertiary/aromatic N) is 3. The van der Waals surface area contributed by atoms with Crippen molar-refractivity contribution in [2.45, 2.75) is 6.92 Å². The molecule has 1 N–H and O–H groups in total. The van der Waals surface area contributed by atoms with Crippen molar-refractivity contribution in [1.82, 2.24) is 9.78 Å². The summed E-state index contributed by atoms with van der Waals surface area (Å²) >= 11 is 3.32. The van der Waals surface area contributed by atoms with Gasteiger partial charge in [0.25, 0.3) is 11.6 Å². The van der Waals surface area contributed by atoms with Crippen LogP contribution in [-0.2, 0) is 7.05 Å². The average molecular weight is 369 g/mol. The van der Waals surface area contributed by atoms with Crippen LogP contribution in [0.2, 0.25) is 0 Å². The lowest BCUT2D eigenvalue weighted by molar-refractivity contribution is -0.384. The van der Waals surface area contributed by atoms with Gasteiger partial charge in [0.2, 0.25) is 0 Å². The van der Waals surface area contributed by atoms with Gasteiger partial charge in [-0.15, -0.1) is 0 Å². The van der Waals surface area contributed by atoms with E-state index in [9.17, 15) is 14.9 Å². The molecule has 8 nitrogen and oxygen atoms in total. The molecule has 0 atom stereocenters. The molecule has 9 heteroatoms. The molecule has 1 aromatic heterocycles. The van der Waals surface area contributed by atoms with Crippen molar-refractivity contribution in [3.05, 3.63) is 44.2 Å². The lowest BCUT2D eigenvalue weighted by Gasteiger charge is -2.10. The summed E-state index contributed by atoms with van der Waals surface area (Å²) in [5.41, 5.74) is 1.25. The van der Waals surface area contributed by atoms with Crippen molar-refractivity contribution in [2.75, 3.05) is 12.4 Å². The molecule has 0 aliphatic carbocycles. The first kappa shape index (κ1) is 16.0. The number of non-ortho nitro benzene ring substituents is 1. The van der Waals surface area contributed by atoms with Gasteiger partial charge in [-0.3, -0.25) is 19.6 Å². The normalized spacial score (nSPS) is 10.4. The van der Waals surface area contributed by atoms with Gasteiger partial charge in [0, 0.05) is 13.1 Å². The summed E-state index contributed by atoms with van der Waals surface area (Å²) in [6.07, 6.45) is 0. The highest BCUT2D eigenvalue weighted by molar-refractivity contribution is 9.10. The molecule has 0 aliphatic heterocycles. The number of nitrogens with one attached hydrogen (secondary N) is 1. The Kier molecular flexibility index (Phi) is 4.45. The van der Waals surface area contributed by atoms with Crippen LogP contribution >= 0.6 is 15.9 Å².